The standard InChI is InChI=1S/C18H22F3N3O2/c1-5-12(3)26-14-9-7-13(8-10-14)24(4)16-15(18(19,20)21)11-22-17(23-16)25-6-2/h7-12H,5-6H2,1-4H3. The molecule has 0 N–H and O–H groups in total. The van der Waals surface area contributed by atoms with Gasteiger partial charge < -0.3 is 14.4 Å². The van der Waals surface area contributed by atoms with Crippen LogP contribution < -0.4 is 14.4 Å². The van der Waals surface area contributed by atoms with Gasteiger partial charge in [0.15, 0.2) is 5.82 Å². The number of benzene rings is 1. The summed E-state index contributed by atoms with van der Waals surface area (Å²) in [7, 11) is 1.51. The molecular formula is C18H22F3N3O2. The number of hydrogen-bond acceptors (Lipinski definition) is 5. The second-order valence-electron chi connectivity index (χ2n) is 5.71. The smallest absolute Gasteiger partial charge is 0.421 e. The maximum Gasteiger partial charge on any atom is 0.421 e. The fraction of sp³-hybridized carbons (Fsp3) is 0.444. The van der Waals surface area contributed by atoms with E-state index in [0.717, 1.165) is 12.6 Å². The van der Waals surface area contributed by atoms with Crippen LogP contribution in [-0.2, 0) is 6.18 Å². The summed E-state index contributed by atoms with van der Waals surface area (Å²) in [4.78, 5) is 8.91. The van der Waals surface area contributed by atoms with Gasteiger partial charge in [0.25, 0.3) is 0 Å². The Kier molecular flexibility index (Phi) is 6.28. The minimum absolute atomic E-state index is 0.0611. The van der Waals surface area contributed by atoms with Crippen LogP contribution in [0.1, 0.15) is 32.8 Å². The van der Waals surface area contributed by atoms with Crippen LogP contribution in [-0.4, -0.2) is 29.7 Å². The highest BCUT2D eigenvalue weighted by Crippen LogP contribution is 2.38. The summed E-state index contributed by atoms with van der Waals surface area (Å²) in [6.45, 7) is 5.93. The monoisotopic (exact) mass is 369 g/mol. The minimum atomic E-state index is -4.58. The first kappa shape index (κ1) is 19.8. The van der Waals surface area contributed by atoms with Crippen molar-refractivity contribution in [2.75, 3.05) is 18.6 Å². The number of nitrogens with zero attached hydrogens (tertiary/aromatic N) is 3. The Morgan fingerprint density at radius 2 is 1.81 bits per heavy atom. The van der Waals surface area contributed by atoms with E-state index < -0.39 is 11.7 Å². The third-order valence-electron chi connectivity index (χ3n) is 3.78. The molecule has 1 aromatic heterocycles. The van der Waals surface area contributed by atoms with Crippen LogP contribution in [0.4, 0.5) is 24.7 Å². The van der Waals surface area contributed by atoms with Gasteiger partial charge in [-0.15, -0.1) is 0 Å². The third kappa shape index (κ3) is 4.77. The summed E-state index contributed by atoms with van der Waals surface area (Å²) in [5, 5.41) is 0. The lowest BCUT2D eigenvalue weighted by Crippen LogP contribution is -2.19. The maximum absolute atomic E-state index is 13.3. The Morgan fingerprint density at radius 3 is 2.35 bits per heavy atom. The highest BCUT2D eigenvalue weighted by atomic mass is 19.4. The molecule has 5 nitrogen and oxygen atoms in total. The minimum Gasteiger partial charge on any atom is -0.491 e. The average Bonchev–Trinajstić information content (AvgIpc) is 2.61. The molecule has 0 fully saturated rings. The van der Waals surface area contributed by atoms with Gasteiger partial charge in [0.05, 0.1) is 12.7 Å². The lowest BCUT2D eigenvalue weighted by Gasteiger charge is -2.23. The molecule has 0 bridgehead atoms. The second kappa shape index (κ2) is 8.25. The quantitative estimate of drug-likeness (QED) is 0.699. The fourth-order valence-electron chi connectivity index (χ4n) is 2.20. The molecule has 0 aliphatic heterocycles. The predicted molar refractivity (Wildman–Crippen MR) is 93.1 cm³/mol. The van der Waals surface area contributed by atoms with Crippen molar-refractivity contribution < 1.29 is 22.6 Å². The Balaban J connectivity index is 2.35. The zero-order chi connectivity index (χ0) is 19.3. The van der Waals surface area contributed by atoms with Crippen LogP contribution in [0, 0.1) is 0 Å². The lowest BCUT2D eigenvalue weighted by molar-refractivity contribution is -0.137. The van der Waals surface area contributed by atoms with Crippen LogP contribution >= 0.6 is 0 Å². The molecule has 0 aliphatic carbocycles. The molecule has 26 heavy (non-hydrogen) atoms. The first-order valence-electron chi connectivity index (χ1n) is 8.33. The van der Waals surface area contributed by atoms with Gasteiger partial charge in [0.1, 0.15) is 11.3 Å². The van der Waals surface area contributed by atoms with Crippen LogP contribution in [0.2, 0.25) is 0 Å². The van der Waals surface area contributed by atoms with E-state index >= 15 is 0 Å². The van der Waals surface area contributed by atoms with Crippen molar-refractivity contribution in [2.45, 2.75) is 39.5 Å². The van der Waals surface area contributed by atoms with E-state index in [9.17, 15) is 13.2 Å². The zero-order valence-electron chi connectivity index (χ0n) is 15.2. The number of alkyl halides is 3. The van der Waals surface area contributed by atoms with Gasteiger partial charge in [-0.2, -0.15) is 18.2 Å². The number of aromatic nitrogens is 2. The molecule has 1 aromatic carbocycles. The van der Waals surface area contributed by atoms with E-state index in [1.807, 2.05) is 13.8 Å². The predicted octanol–water partition coefficient (Wildman–Crippen LogP) is 4.84. The number of rotatable bonds is 7. The van der Waals surface area contributed by atoms with Gasteiger partial charge in [-0.1, -0.05) is 6.92 Å². The molecule has 1 unspecified atom stereocenters. The van der Waals surface area contributed by atoms with E-state index in [1.54, 1.807) is 31.2 Å². The highest BCUT2D eigenvalue weighted by Gasteiger charge is 2.36. The molecular weight excluding hydrogens is 347 g/mol. The summed E-state index contributed by atoms with van der Waals surface area (Å²) in [6, 6.07) is 6.70. The van der Waals surface area contributed by atoms with Gasteiger partial charge in [-0.05, 0) is 44.5 Å². The van der Waals surface area contributed by atoms with Crippen molar-refractivity contribution in [1.29, 1.82) is 0 Å². The maximum atomic E-state index is 13.3. The Morgan fingerprint density at radius 1 is 1.15 bits per heavy atom. The fourth-order valence-corrected chi connectivity index (χ4v) is 2.20. The molecule has 0 aliphatic rings. The molecule has 0 saturated carbocycles. The van der Waals surface area contributed by atoms with Crippen molar-refractivity contribution in [2.24, 2.45) is 0 Å². The number of anilines is 2. The van der Waals surface area contributed by atoms with Gasteiger partial charge in [-0.25, -0.2) is 4.98 Å². The van der Waals surface area contributed by atoms with Gasteiger partial charge in [0.2, 0.25) is 0 Å². The lowest BCUT2D eigenvalue weighted by atomic mass is 10.2. The summed E-state index contributed by atoms with van der Waals surface area (Å²) in [5.41, 5.74) is -0.392. The normalized spacial score (nSPS) is 12.6. The number of halogens is 3. The topological polar surface area (TPSA) is 47.5 Å². The molecule has 0 saturated heterocycles. The molecule has 2 rings (SSSR count). The molecule has 2 aromatic rings. The summed E-state index contributed by atoms with van der Waals surface area (Å²) < 4.78 is 50.8. The second-order valence-corrected chi connectivity index (χ2v) is 5.71. The molecule has 142 valence electrons. The molecule has 8 heteroatoms. The molecule has 0 amide bonds. The van der Waals surface area contributed by atoms with Crippen LogP contribution in [0.15, 0.2) is 30.5 Å². The van der Waals surface area contributed by atoms with Crippen molar-refractivity contribution in [1.82, 2.24) is 9.97 Å². The van der Waals surface area contributed by atoms with Crippen molar-refractivity contribution in [3.8, 4) is 11.8 Å². The van der Waals surface area contributed by atoms with Gasteiger partial charge in [0, 0.05) is 18.9 Å². The average molecular weight is 369 g/mol. The van der Waals surface area contributed by atoms with Crippen molar-refractivity contribution in [3.05, 3.63) is 36.0 Å². The van der Waals surface area contributed by atoms with Crippen LogP contribution in [0.3, 0.4) is 0 Å². The van der Waals surface area contributed by atoms with E-state index in [-0.39, 0.29) is 24.5 Å². The third-order valence-corrected chi connectivity index (χ3v) is 3.78. The molecule has 1 atom stereocenters. The van der Waals surface area contributed by atoms with Crippen molar-refractivity contribution in [3.63, 3.8) is 0 Å². The summed E-state index contributed by atoms with van der Waals surface area (Å²) in [5.74, 6) is 0.386. The first-order chi connectivity index (χ1) is 12.3. The Bertz CT molecular complexity index is 721. The largest absolute Gasteiger partial charge is 0.491 e. The Labute approximate surface area is 150 Å². The molecule has 0 radical (unpaired) electrons. The van der Waals surface area contributed by atoms with E-state index in [0.29, 0.717) is 11.4 Å². The van der Waals surface area contributed by atoms with Gasteiger partial charge >= 0.3 is 12.2 Å². The van der Waals surface area contributed by atoms with Crippen LogP contribution in [0.25, 0.3) is 0 Å². The van der Waals surface area contributed by atoms with E-state index in [4.69, 9.17) is 9.47 Å². The summed E-state index contributed by atoms with van der Waals surface area (Å²) in [6.07, 6.45) is -2.92. The molecule has 0 spiro atoms. The summed E-state index contributed by atoms with van der Waals surface area (Å²) >= 11 is 0. The molecule has 1 heterocycles. The number of hydrogen-bond donors (Lipinski definition) is 0. The Hall–Kier alpha value is -2.51. The highest BCUT2D eigenvalue weighted by molar-refractivity contribution is 5.63. The van der Waals surface area contributed by atoms with Gasteiger partial charge in [-0.3, -0.25) is 0 Å². The van der Waals surface area contributed by atoms with E-state index in [2.05, 4.69) is 9.97 Å². The SMILES string of the molecule is CCOc1ncc(C(F)(F)F)c(N(C)c2ccc(OC(C)CC)cc2)n1. The van der Waals surface area contributed by atoms with Crippen molar-refractivity contribution >= 4 is 11.5 Å². The van der Waals surface area contributed by atoms with Crippen LogP contribution in [0.5, 0.6) is 11.8 Å². The zero-order valence-corrected chi connectivity index (χ0v) is 15.2. The number of ether oxygens (including phenoxy) is 2. The van der Waals surface area contributed by atoms with E-state index in [1.165, 1.54) is 11.9 Å². The first-order valence-corrected chi connectivity index (χ1v) is 8.33.